The van der Waals surface area contributed by atoms with Crippen molar-refractivity contribution in [2.75, 3.05) is 16.3 Å². The maximum Gasteiger partial charge on any atom is 0.316 e. The highest BCUT2D eigenvalue weighted by atomic mass is 35.5. The second kappa shape index (κ2) is 9.82. The van der Waals surface area contributed by atoms with Gasteiger partial charge < -0.3 is 9.64 Å². The third-order valence-electron chi connectivity index (χ3n) is 5.97. The Morgan fingerprint density at radius 3 is 2.00 bits per heavy atom. The van der Waals surface area contributed by atoms with Gasteiger partial charge in [0, 0.05) is 29.7 Å². The number of ether oxygens (including phenoxy) is 1. The number of halogens is 5. The van der Waals surface area contributed by atoms with Gasteiger partial charge in [0.25, 0.3) is 11.8 Å². The van der Waals surface area contributed by atoms with Crippen molar-refractivity contribution in [1.29, 1.82) is 0 Å². The van der Waals surface area contributed by atoms with Crippen molar-refractivity contribution >= 4 is 93.1 Å². The van der Waals surface area contributed by atoms with E-state index in [-0.39, 0.29) is 61.5 Å². The third-order valence-corrected chi connectivity index (χ3v) is 8.01. The van der Waals surface area contributed by atoms with E-state index in [4.69, 9.17) is 62.7 Å². The Balaban J connectivity index is 1.37. The molecule has 1 atom stereocenters. The fourth-order valence-electron chi connectivity index (χ4n) is 4.23. The smallest absolute Gasteiger partial charge is 0.316 e. The van der Waals surface area contributed by atoms with Crippen LogP contribution in [0.3, 0.4) is 0 Å². The number of amides is 3. The number of carbonyl (C=O) groups is 4. The van der Waals surface area contributed by atoms with E-state index < -0.39 is 23.7 Å². The SMILES string of the molecule is O=C(Oc1cccc(N2C(=O)c3c(Cl)c(Cl)c(Cl)c(Cl)c3C2=O)c1)[C@H]1CC(=O)N(c2cccc(Cl)c2)C1. The number of esters is 1. The van der Waals surface area contributed by atoms with Gasteiger partial charge in [-0.3, -0.25) is 19.2 Å². The molecule has 1 fully saturated rings. The summed E-state index contributed by atoms with van der Waals surface area (Å²) in [5, 5.41) is -0.200. The first kappa shape index (κ1) is 25.8. The number of anilines is 2. The zero-order valence-electron chi connectivity index (χ0n) is 18.4. The van der Waals surface area contributed by atoms with Crippen molar-refractivity contribution in [1.82, 2.24) is 0 Å². The lowest BCUT2D eigenvalue weighted by Crippen LogP contribution is -2.29. The first-order valence-electron chi connectivity index (χ1n) is 10.7. The summed E-state index contributed by atoms with van der Waals surface area (Å²) in [5.74, 6) is -3.05. The highest BCUT2D eigenvalue weighted by Crippen LogP contribution is 2.46. The van der Waals surface area contributed by atoms with Crippen LogP contribution < -0.4 is 14.5 Å². The van der Waals surface area contributed by atoms with E-state index in [0.29, 0.717) is 10.7 Å². The molecule has 2 aliphatic rings. The number of imide groups is 1. The Bertz CT molecular complexity index is 1480. The van der Waals surface area contributed by atoms with Crippen molar-refractivity contribution in [3.8, 4) is 5.75 Å². The molecule has 188 valence electrons. The minimum Gasteiger partial charge on any atom is -0.426 e. The third kappa shape index (κ3) is 4.45. The lowest BCUT2D eigenvalue weighted by atomic mass is 10.1. The number of hydrogen-bond donors (Lipinski definition) is 0. The van der Waals surface area contributed by atoms with Crippen LogP contribution >= 0.6 is 58.0 Å². The molecule has 0 N–H and O–H groups in total. The number of benzene rings is 3. The van der Waals surface area contributed by atoms with E-state index in [1.165, 1.54) is 29.2 Å². The van der Waals surface area contributed by atoms with Crippen LogP contribution in [0.15, 0.2) is 48.5 Å². The summed E-state index contributed by atoms with van der Waals surface area (Å²) in [6.07, 6.45) is -0.0397. The van der Waals surface area contributed by atoms with Gasteiger partial charge in [0.05, 0.1) is 42.8 Å². The summed E-state index contributed by atoms with van der Waals surface area (Å²) < 4.78 is 5.50. The Labute approximate surface area is 235 Å². The first-order valence-corrected chi connectivity index (χ1v) is 12.6. The molecule has 0 unspecified atom stereocenters. The van der Waals surface area contributed by atoms with Gasteiger partial charge in [-0.1, -0.05) is 70.1 Å². The molecule has 0 aromatic heterocycles. The fraction of sp³-hybridized carbons (Fsp3) is 0.120. The minimum atomic E-state index is -0.757. The molecule has 3 aromatic rings. The highest BCUT2D eigenvalue weighted by Gasteiger charge is 2.43. The number of fused-ring (bicyclic) bond motifs is 1. The van der Waals surface area contributed by atoms with E-state index in [9.17, 15) is 19.2 Å². The Kier molecular flexibility index (Phi) is 6.85. The molecule has 12 heteroatoms. The van der Waals surface area contributed by atoms with Crippen LogP contribution in [-0.4, -0.2) is 30.2 Å². The van der Waals surface area contributed by atoms with E-state index in [2.05, 4.69) is 0 Å². The normalized spacial score (nSPS) is 17.0. The maximum absolute atomic E-state index is 13.1. The quantitative estimate of drug-likeness (QED) is 0.110. The Hall–Kier alpha value is -2.81. The minimum absolute atomic E-state index is 0.0397. The number of nitrogens with zero attached hydrogens (tertiary/aromatic N) is 2. The van der Waals surface area contributed by atoms with E-state index in [0.717, 1.165) is 4.90 Å². The lowest BCUT2D eigenvalue weighted by Gasteiger charge is -2.17. The molecule has 0 saturated carbocycles. The Morgan fingerprint density at radius 1 is 0.784 bits per heavy atom. The van der Waals surface area contributed by atoms with Crippen LogP contribution in [0.2, 0.25) is 25.1 Å². The van der Waals surface area contributed by atoms with Gasteiger partial charge in [-0.15, -0.1) is 0 Å². The summed E-state index contributed by atoms with van der Waals surface area (Å²) in [6.45, 7) is 0.120. The Morgan fingerprint density at radius 2 is 1.38 bits per heavy atom. The molecule has 37 heavy (non-hydrogen) atoms. The van der Waals surface area contributed by atoms with Crippen molar-refractivity contribution in [3.63, 3.8) is 0 Å². The molecule has 5 rings (SSSR count). The van der Waals surface area contributed by atoms with Crippen molar-refractivity contribution < 1.29 is 23.9 Å². The van der Waals surface area contributed by atoms with Crippen molar-refractivity contribution in [2.24, 2.45) is 5.92 Å². The molecular weight excluding hydrogens is 586 g/mol. The van der Waals surface area contributed by atoms with Gasteiger partial charge in [0.15, 0.2) is 0 Å². The zero-order valence-corrected chi connectivity index (χ0v) is 22.2. The van der Waals surface area contributed by atoms with E-state index in [1.807, 2.05) is 0 Å². The predicted octanol–water partition coefficient (Wildman–Crippen LogP) is 6.71. The van der Waals surface area contributed by atoms with Gasteiger partial charge in [0.2, 0.25) is 5.91 Å². The van der Waals surface area contributed by atoms with Crippen LogP contribution in [0.1, 0.15) is 27.1 Å². The first-order chi connectivity index (χ1) is 17.6. The second-order valence-electron chi connectivity index (χ2n) is 8.26. The summed E-state index contributed by atoms with van der Waals surface area (Å²) >= 11 is 30.5. The topological polar surface area (TPSA) is 84.0 Å². The van der Waals surface area contributed by atoms with Gasteiger partial charge >= 0.3 is 5.97 Å². The molecule has 2 aliphatic heterocycles. The van der Waals surface area contributed by atoms with Gasteiger partial charge in [0.1, 0.15) is 5.75 Å². The fourth-order valence-corrected chi connectivity index (χ4v) is 5.43. The van der Waals surface area contributed by atoms with Gasteiger partial charge in [-0.05, 0) is 30.3 Å². The van der Waals surface area contributed by atoms with E-state index >= 15 is 0 Å². The van der Waals surface area contributed by atoms with Crippen LogP contribution in [0, 0.1) is 5.92 Å². The summed E-state index contributed by atoms with van der Waals surface area (Å²) in [4.78, 5) is 53.9. The largest absolute Gasteiger partial charge is 0.426 e. The van der Waals surface area contributed by atoms with Gasteiger partial charge in [-0.25, -0.2) is 4.90 Å². The second-order valence-corrected chi connectivity index (χ2v) is 10.2. The predicted molar refractivity (Wildman–Crippen MR) is 142 cm³/mol. The van der Waals surface area contributed by atoms with Crippen LogP contribution in [0.25, 0.3) is 0 Å². The summed E-state index contributed by atoms with van der Waals surface area (Å²) in [5.41, 5.74) is 0.356. The van der Waals surface area contributed by atoms with Crippen LogP contribution in [0.4, 0.5) is 11.4 Å². The average Bonchev–Trinajstić information content (AvgIpc) is 3.38. The monoisotopic (exact) mass is 596 g/mol. The van der Waals surface area contributed by atoms with E-state index in [1.54, 1.807) is 24.3 Å². The number of rotatable bonds is 4. The summed E-state index contributed by atoms with van der Waals surface area (Å²) in [7, 11) is 0. The molecule has 0 bridgehead atoms. The standard InChI is InChI=1S/C25H13Cl5N2O5/c26-12-3-1-4-13(8-12)31-10-11(7-16(31)33)25(36)37-15-6-2-5-14(9-15)32-23(34)17-18(24(32)35)20(28)22(30)21(29)19(17)27/h1-6,8-9,11H,7,10H2/t11-/m0/s1. The molecule has 2 heterocycles. The molecule has 7 nitrogen and oxygen atoms in total. The molecule has 1 saturated heterocycles. The number of hydrogen-bond acceptors (Lipinski definition) is 5. The van der Waals surface area contributed by atoms with Crippen molar-refractivity contribution in [3.05, 3.63) is 84.8 Å². The molecule has 3 aromatic carbocycles. The van der Waals surface area contributed by atoms with Crippen molar-refractivity contribution in [2.45, 2.75) is 6.42 Å². The van der Waals surface area contributed by atoms with Crippen LogP contribution in [0.5, 0.6) is 5.75 Å². The molecule has 0 aliphatic carbocycles. The van der Waals surface area contributed by atoms with Gasteiger partial charge in [-0.2, -0.15) is 0 Å². The molecule has 3 amide bonds. The average molecular weight is 599 g/mol. The highest BCUT2D eigenvalue weighted by molar-refractivity contribution is 6.56. The summed E-state index contributed by atoms with van der Waals surface area (Å²) in [6, 6.07) is 12.6. The number of carbonyl (C=O) groups excluding carboxylic acids is 4. The maximum atomic E-state index is 13.1. The molecule has 0 spiro atoms. The van der Waals surface area contributed by atoms with Crippen LogP contribution in [-0.2, 0) is 9.59 Å². The lowest BCUT2D eigenvalue weighted by molar-refractivity contribution is -0.139. The molecular formula is C25H13Cl5N2O5. The zero-order chi connectivity index (χ0) is 26.6. The molecule has 0 radical (unpaired) electrons.